The zero-order valence-electron chi connectivity index (χ0n) is 19.3. The van der Waals surface area contributed by atoms with Gasteiger partial charge < -0.3 is 29.9 Å². The Hall–Kier alpha value is -3.73. The van der Waals surface area contributed by atoms with E-state index in [1.807, 2.05) is 17.9 Å². The van der Waals surface area contributed by atoms with E-state index in [1.54, 1.807) is 12.3 Å². The second kappa shape index (κ2) is 9.49. The second-order valence-corrected chi connectivity index (χ2v) is 8.60. The van der Waals surface area contributed by atoms with Crippen molar-refractivity contribution in [2.75, 3.05) is 67.6 Å². The molecule has 3 aromatic rings. The zero-order valence-corrected chi connectivity index (χ0v) is 19.3. The molecule has 35 heavy (non-hydrogen) atoms. The molecule has 0 spiro atoms. The minimum atomic E-state index is -0.965. The van der Waals surface area contributed by atoms with E-state index in [0.717, 1.165) is 25.0 Å². The van der Waals surface area contributed by atoms with Crippen LogP contribution in [-0.4, -0.2) is 78.5 Å². The molecule has 5 rings (SSSR count). The number of fused-ring (bicyclic) bond motifs is 1. The topological polar surface area (TPSA) is 94.1 Å². The number of amides is 1. The number of pyridine rings is 2. The normalized spacial score (nSPS) is 16.6. The summed E-state index contributed by atoms with van der Waals surface area (Å²) in [5.41, 5.74) is 2.08. The van der Waals surface area contributed by atoms with E-state index >= 15 is 4.39 Å². The van der Waals surface area contributed by atoms with Crippen molar-refractivity contribution < 1.29 is 23.4 Å². The monoisotopic (exact) mass is 484 g/mol. The number of benzene rings is 1. The first-order valence-electron chi connectivity index (χ1n) is 11.5. The molecule has 2 aliphatic heterocycles. The minimum absolute atomic E-state index is 0.189. The highest BCUT2D eigenvalue weighted by molar-refractivity contribution is 5.97. The van der Waals surface area contributed by atoms with E-state index in [-0.39, 0.29) is 10.9 Å². The molecule has 2 aliphatic rings. The van der Waals surface area contributed by atoms with E-state index in [2.05, 4.69) is 20.2 Å². The summed E-state index contributed by atoms with van der Waals surface area (Å²) in [6.45, 7) is 6.05. The van der Waals surface area contributed by atoms with E-state index in [4.69, 9.17) is 4.74 Å². The summed E-state index contributed by atoms with van der Waals surface area (Å²) in [4.78, 5) is 25.8. The number of ether oxygens (including phenoxy) is 1. The minimum Gasteiger partial charge on any atom is -0.465 e. The number of anilines is 4. The maximum Gasteiger partial charge on any atom is 0.407 e. The zero-order chi connectivity index (χ0) is 24.5. The van der Waals surface area contributed by atoms with Gasteiger partial charge in [-0.2, -0.15) is 0 Å². The number of aromatic nitrogens is 2. The number of nitrogens with one attached hydrogen (secondary N) is 1. The van der Waals surface area contributed by atoms with Crippen molar-refractivity contribution in [3.05, 3.63) is 47.7 Å². The predicted molar refractivity (Wildman–Crippen MR) is 129 cm³/mol. The standard InChI is InChI=1S/C24H26F2N6O3/c1-15-22(28-17-2-3-27-20(14-17)30-8-10-35-11-9-30)21-18(26)12-16(25)13-19(21)29-23(15)31-4-6-32(7-5-31)24(33)34/h2-3,12-14H,4-11H2,1H3,(H,33,34)(H,27,28,29). The third-order valence-corrected chi connectivity index (χ3v) is 6.42. The van der Waals surface area contributed by atoms with Gasteiger partial charge in [0.15, 0.2) is 0 Å². The quantitative estimate of drug-likeness (QED) is 0.580. The molecule has 0 radical (unpaired) electrons. The Morgan fingerprint density at radius 2 is 1.80 bits per heavy atom. The predicted octanol–water partition coefficient (Wildman–Crippen LogP) is 3.60. The number of morpholine rings is 1. The van der Waals surface area contributed by atoms with Crippen LogP contribution in [0.1, 0.15) is 5.56 Å². The molecule has 4 heterocycles. The number of carboxylic acid groups (broad SMARTS) is 1. The molecule has 9 nitrogen and oxygen atoms in total. The Kier molecular flexibility index (Phi) is 6.25. The molecule has 2 saturated heterocycles. The van der Waals surface area contributed by atoms with E-state index < -0.39 is 17.7 Å². The average Bonchev–Trinajstić information content (AvgIpc) is 2.86. The van der Waals surface area contributed by atoms with Gasteiger partial charge in [0.2, 0.25) is 0 Å². The summed E-state index contributed by atoms with van der Waals surface area (Å²) in [6, 6.07) is 5.75. The van der Waals surface area contributed by atoms with Crippen molar-refractivity contribution in [3.8, 4) is 0 Å². The largest absolute Gasteiger partial charge is 0.465 e. The average molecular weight is 485 g/mol. The summed E-state index contributed by atoms with van der Waals surface area (Å²) in [5.74, 6) is -0.0661. The molecular weight excluding hydrogens is 458 g/mol. The highest BCUT2D eigenvalue weighted by atomic mass is 19.1. The lowest BCUT2D eigenvalue weighted by atomic mass is 10.1. The first kappa shape index (κ1) is 23.0. The maximum atomic E-state index is 15.0. The van der Waals surface area contributed by atoms with Crippen LogP contribution in [0.5, 0.6) is 0 Å². The van der Waals surface area contributed by atoms with Crippen LogP contribution in [0.25, 0.3) is 10.9 Å². The molecule has 0 unspecified atom stereocenters. The summed E-state index contributed by atoms with van der Waals surface area (Å²) in [5, 5.41) is 12.8. The number of piperazine rings is 1. The van der Waals surface area contributed by atoms with Gasteiger partial charge in [0.25, 0.3) is 0 Å². The van der Waals surface area contributed by atoms with Crippen LogP contribution in [0, 0.1) is 18.6 Å². The van der Waals surface area contributed by atoms with Gasteiger partial charge in [0, 0.05) is 74.9 Å². The van der Waals surface area contributed by atoms with Gasteiger partial charge in [-0.1, -0.05) is 0 Å². The number of carbonyl (C=O) groups is 1. The fraction of sp³-hybridized carbons (Fsp3) is 0.375. The molecule has 2 aromatic heterocycles. The van der Waals surface area contributed by atoms with Crippen LogP contribution in [0.2, 0.25) is 0 Å². The first-order valence-corrected chi connectivity index (χ1v) is 11.5. The lowest BCUT2D eigenvalue weighted by Crippen LogP contribution is -2.48. The van der Waals surface area contributed by atoms with E-state index in [0.29, 0.717) is 62.1 Å². The molecule has 1 amide bonds. The van der Waals surface area contributed by atoms with E-state index in [1.165, 1.54) is 11.0 Å². The molecule has 0 atom stereocenters. The number of hydrogen-bond acceptors (Lipinski definition) is 7. The number of hydrogen-bond donors (Lipinski definition) is 2. The smallest absolute Gasteiger partial charge is 0.407 e. The molecule has 2 N–H and O–H groups in total. The SMILES string of the molecule is Cc1c(N2CCN(C(=O)O)CC2)nc2cc(F)cc(F)c2c1Nc1ccnc(N2CCOCC2)c1. The van der Waals surface area contributed by atoms with Crippen LogP contribution in [-0.2, 0) is 4.74 Å². The fourth-order valence-corrected chi connectivity index (χ4v) is 4.57. The third kappa shape index (κ3) is 4.63. The van der Waals surface area contributed by atoms with Crippen LogP contribution in [0.3, 0.4) is 0 Å². The maximum absolute atomic E-state index is 15.0. The number of nitrogens with zero attached hydrogens (tertiary/aromatic N) is 5. The summed E-state index contributed by atoms with van der Waals surface area (Å²) in [7, 11) is 0. The lowest BCUT2D eigenvalue weighted by molar-refractivity contribution is 0.122. The third-order valence-electron chi connectivity index (χ3n) is 6.42. The van der Waals surface area contributed by atoms with Crippen molar-refractivity contribution in [2.45, 2.75) is 6.92 Å². The van der Waals surface area contributed by atoms with Crippen LogP contribution in [0.15, 0.2) is 30.5 Å². The van der Waals surface area contributed by atoms with Gasteiger partial charge in [0.1, 0.15) is 23.3 Å². The summed E-state index contributed by atoms with van der Waals surface area (Å²) < 4.78 is 34.6. The van der Waals surface area contributed by atoms with Crippen molar-refractivity contribution in [1.29, 1.82) is 0 Å². The number of rotatable bonds is 4. The molecule has 0 aliphatic carbocycles. The summed E-state index contributed by atoms with van der Waals surface area (Å²) >= 11 is 0. The Morgan fingerprint density at radius 3 is 2.51 bits per heavy atom. The van der Waals surface area contributed by atoms with Crippen molar-refractivity contribution >= 4 is 40.0 Å². The van der Waals surface area contributed by atoms with Crippen LogP contribution >= 0.6 is 0 Å². The Morgan fingerprint density at radius 1 is 1.06 bits per heavy atom. The molecular formula is C24H26F2N6O3. The van der Waals surface area contributed by atoms with Gasteiger partial charge in [-0.05, 0) is 13.0 Å². The Labute approximate surface area is 200 Å². The molecule has 0 saturated carbocycles. The van der Waals surface area contributed by atoms with Crippen molar-refractivity contribution in [2.24, 2.45) is 0 Å². The molecule has 0 bridgehead atoms. The van der Waals surface area contributed by atoms with Crippen LogP contribution < -0.4 is 15.1 Å². The van der Waals surface area contributed by atoms with Crippen LogP contribution in [0.4, 0.5) is 36.6 Å². The van der Waals surface area contributed by atoms with Gasteiger partial charge in [-0.15, -0.1) is 0 Å². The highest BCUT2D eigenvalue weighted by Crippen LogP contribution is 2.37. The highest BCUT2D eigenvalue weighted by Gasteiger charge is 2.25. The molecule has 2 fully saturated rings. The van der Waals surface area contributed by atoms with Gasteiger partial charge >= 0.3 is 6.09 Å². The molecule has 184 valence electrons. The molecule has 11 heteroatoms. The number of halogens is 2. The van der Waals surface area contributed by atoms with Gasteiger partial charge in [-0.3, -0.25) is 0 Å². The lowest BCUT2D eigenvalue weighted by Gasteiger charge is -2.35. The second-order valence-electron chi connectivity index (χ2n) is 8.60. The van der Waals surface area contributed by atoms with Crippen molar-refractivity contribution in [1.82, 2.24) is 14.9 Å². The van der Waals surface area contributed by atoms with Gasteiger partial charge in [-0.25, -0.2) is 23.5 Å². The Bertz CT molecular complexity index is 1260. The Balaban J connectivity index is 1.54. The van der Waals surface area contributed by atoms with Gasteiger partial charge in [0.05, 0.1) is 29.8 Å². The molecule has 1 aromatic carbocycles. The van der Waals surface area contributed by atoms with E-state index in [9.17, 15) is 14.3 Å². The first-order chi connectivity index (χ1) is 16.9. The summed E-state index contributed by atoms with van der Waals surface area (Å²) in [6.07, 6.45) is 0.724. The fourth-order valence-electron chi connectivity index (χ4n) is 4.57. The van der Waals surface area contributed by atoms with Crippen molar-refractivity contribution in [3.63, 3.8) is 0 Å².